The molecule has 2 unspecified atom stereocenters. The molecule has 9 aromatic carbocycles. The maximum absolute atomic E-state index is 2.56. The number of allylic oxidation sites excluding steroid dienone is 3. The standard InChI is InChI=1S/C66H45N5/c1-2-18-42(19-3-1)67-58-32-12-7-27-50(58)54-41-64-55(40-63(54)67)51-28-8-13-33-59(51)70(64)45-22-16-21-44(38-45)69-61-35-15-9-29-53(61)65-62(69)37-36-52-49-26-6-14-34-60(49)71(66(52)65)46-23-17-20-43(39-46)68-56-30-10-4-24-47(56)48-25-5-11-31-57(48)68/h1-8,10-28,30-41,47,56H,9,29H2. The Balaban J connectivity index is 0.913. The molecule has 0 saturated heterocycles. The van der Waals surface area contributed by atoms with Crippen molar-refractivity contribution in [3.05, 3.63) is 247 Å². The van der Waals surface area contributed by atoms with Crippen molar-refractivity contribution >= 4 is 93.8 Å². The van der Waals surface area contributed by atoms with Gasteiger partial charge < -0.3 is 23.2 Å². The van der Waals surface area contributed by atoms with Gasteiger partial charge in [0.2, 0.25) is 0 Å². The highest BCUT2D eigenvalue weighted by molar-refractivity contribution is 6.21. The van der Waals surface area contributed by atoms with Crippen LogP contribution in [-0.4, -0.2) is 24.3 Å². The lowest BCUT2D eigenvalue weighted by molar-refractivity contribution is 0.744. The summed E-state index contributed by atoms with van der Waals surface area (Å²) < 4.78 is 10.00. The van der Waals surface area contributed by atoms with Gasteiger partial charge in [0.05, 0.1) is 44.7 Å². The van der Waals surface area contributed by atoms with Crippen molar-refractivity contribution in [2.24, 2.45) is 0 Å². The van der Waals surface area contributed by atoms with Gasteiger partial charge in [-0.15, -0.1) is 0 Å². The van der Waals surface area contributed by atoms with Gasteiger partial charge in [0.25, 0.3) is 0 Å². The van der Waals surface area contributed by atoms with Crippen LogP contribution in [0.2, 0.25) is 0 Å². The summed E-state index contributed by atoms with van der Waals surface area (Å²) >= 11 is 0. The Hall–Kier alpha value is -9.06. The predicted molar refractivity (Wildman–Crippen MR) is 297 cm³/mol. The highest BCUT2D eigenvalue weighted by Gasteiger charge is 2.37. The zero-order valence-electron chi connectivity index (χ0n) is 38.8. The summed E-state index contributed by atoms with van der Waals surface area (Å²) in [5.74, 6) is 0.324. The third-order valence-corrected chi connectivity index (χ3v) is 15.9. The van der Waals surface area contributed by atoms with Crippen LogP contribution in [0.3, 0.4) is 0 Å². The Labute approximate surface area is 409 Å². The smallest absolute Gasteiger partial charge is 0.0638 e. The topological polar surface area (TPSA) is 23.0 Å². The number of benzene rings is 9. The highest BCUT2D eigenvalue weighted by atomic mass is 15.2. The molecule has 71 heavy (non-hydrogen) atoms. The fourth-order valence-corrected chi connectivity index (χ4v) is 13.0. The fraction of sp³-hybridized carbons (Fsp3) is 0.0606. The van der Waals surface area contributed by atoms with E-state index in [1.807, 2.05) is 0 Å². The Kier molecular flexibility index (Phi) is 8.06. The van der Waals surface area contributed by atoms with Crippen LogP contribution >= 0.6 is 0 Å². The molecule has 5 nitrogen and oxygen atoms in total. The maximum atomic E-state index is 2.56. The summed E-state index contributed by atoms with van der Waals surface area (Å²) in [7, 11) is 0. The van der Waals surface area contributed by atoms with Gasteiger partial charge in [-0.2, -0.15) is 0 Å². The molecular formula is C66H45N5. The number of para-hydroxylation sites is 5. The molecule has 0 spiro atoms. The molecule has 0 fully saturated rings. The summed E-state index contributed by atoms with van der Waals surface area (Å²) in [5, 5.41) is 8.85. The van der Waals surface area contributed by atoms with Gasteiger partial charge in [-0.05, 0) is 121 Å². The second kappa shape index (κ2) is 14.7. The van der Waals surface area contributed by atoms with Crippen LogP contribution in [-0.2, 0) is 6.42 Å². The molecule has 0 N–H and O–H groups in total. The number of aryl methyl sites for hydroxylation is 1. The van der Waals surface area contributed by atoms with Crippen LogP contribution in [0, 0.1) is 0 Å². The van der Waals surface area contributed by atoms with Crippen LogP contribution in [0.1, 0.15) is 29.2 Å². The minimum Gasteiger partial charge on any atom is -0.333 e. The number of aromatic nitrogens is 4. The molecule has 5 heteroatoms. The van der Waals surface area contributed by atoms with Crippen molar-refractivity contribution in [1.29, 1.82) is 0 Å². The summed E-state index contributed by atoms with van der Waals surface area (Å²) in [5.41, 5.74) is 19.7. The van der Waals surface area contributed by atoms with Gasteiger partial charge >= 0.3 is 0 Å². The molecule has 13 aromatic rings. The second-order valence-electron chi connectivity index (χ2n) is 19.5. The molecule has 4 aromatic heterocycles. The Bertz CT molecular complexity index is 4490. The van der Waals surface area contributed by atoms with Gasteiger partial charge in [-0.3, -0.25) is 0 Å². The van der Waals surface area contributed by atoms with Crippen molar-refractivity contribution in [1.82, 2.24) is 18.3 Å². The normalized spacial score (nSPS) is 16.1. The number of fused-ring (bicyclic) bond motifs is 16. The average Bonchev–Trinajstić information content (AvgIpc) is 4.22. The first kappa shape index (κ1) is 38.9. The second-order valence-corrected chi connectivity index (χ2v) is 19.5. The van der Waals surface area contributed by atoms with Crippen molar-refractivity contribution in [2.75, 3.05) is 4.90 Å². The highest BCUT2D eigenvalue weighted by Crippen LogP contribution is 2.49. The minimum absolute atomic E-state index is 0.228. The molecule has 334 valence electrons. The first-order chi connectivity index (χ1) is 35.3. The van der Waals surface area contributed by atoms with E-state index in [-0.39, 0.29) is 6.04 Å². The monoisotopic (exact) mass is 907 g/mol. The van der Waals surface area contributed by atoms with E-state index < -0.39 is 0 Å². The van der Waals surface area contributed by atoms with Crippen molar-refractivity contribution in [2.45, 2.75) is 24.8 Å². The lowest BCUT2D eigenvalue weighted by Crippen LogP contribution is -2.28. The summed E-state index contributed by atoms with van der Waals surface area (Å²) in [6.45, 7) is 0. The molecule has 16 rings (SSSR count). The van der Waals surface area contributed by atoms with E-state index >= 15 is 0 Å². The summed E-state index contributed by atoms with van der Waals surface area (Å²) in [6, 6.07) is 74.8. The van der Waals surface area contributed by atoms with E-state index in [4.69, 9.17) is 0 Å². The van der Waals surface area contributed by atoms with Crippen molar-refractivity contribution in [3.63, 3.8) is 0 Å². The molecule has 3 aliphatic rings. The van der Waals surface area contributed by atoms with Crippen LogP contribution in [0.25, 0.3) is 105 Å². The van der Waals surface area contributed by atoms with E-state index in [1.165, 1.54) is 110 Å². The van der Waals surface area contributed by atoms with Crippen LogP contribution < -0.4 is 4.90 Å². The molecular weight excluding hydrogens is 863 g/mol. The number of nitrogens with zero attached hydrogens (tertiary/aromatic N) is 5. The van der Waals surface area contributed by atoms with E-state index in [9.17, 15) is 0 Å². The first-order valence-electron chi connectivity index (χ1n) is 25.0. The summed E-state index contributed by atoms with van der Waals surface area (Å²) in [4.78, 5) is 2.55. The fourth-order valence-electron chi connectivity index (χ4n) is 13.0. The Morgan fingerprint density at radius 2 is 0.944 bits per heavy atom. The largest absolute Gasteiger partial charge is 0.333 e. The molecule has 0 saturated carbocycles. The van der Waals surface area contributed by atoms with Gasteiger partial charge in [-0.1, -0.05) is 140 Å². The number of hydrogen-bond acceptors (Lipinski definition) is 1. The lowest BCUT2D eigenvalue weighted by Gasteiger charge is -2.29. The molecule has 5 heterocycles. The van der Waals surface area contributed by atoms with Crippen LogP contribution in [0.4, 0.5) is 11.4 Å². The van der Waals surface area contributed by atoms with Crippen molar-refractivity contribution in [3.8, 4) is 22.7 Å². The van der Waals surface area contributed by atoms with Crippen LogP contribution in [0.5, 0.6) is 0 Å². The molecule has 0 bridgehead atoms. The Morgan fingerprint density at radius 1 is 0.380 bits per heavy atom. The number of anilines is 2. The third-order valence-electron chi connectivity index (χ3n) is 15.9. The molecule has 0 radical (unpaired) electrons. The van der Waals surface area contributed by atoms with Crippen molar-refractivity contribution < 1.29 is 0 Å². The third kappa shape index (κ3) is 5.40. The van der Waals surface area contributed by atoms with Crippen LogP contribution in [0.15, 0.2) is 231 Å². The van der Waals surface area contributed by atoms with E-state index in [0.29, 0.717) is 5.92 Å². The predicted octanol–water partition coefficient (Wildman–Crippen LogP) is 16.6. The molecule has 2 atom stereocenters. The van der Waals surface area contributed by atoms with Gasteiger partial charge in [0, 0.05) is 83.4 Å². The maximum Gasteiger partial charge on any atom is 0.0638 e. The Morgan fingerprint density at radius 3 is 1.69 bits per heavy atom. The van der Waals surface area contributed by atoms with E-state index in [2.05, 4.69) is 260 Å². The average molecular weight is 908 g/mol. The zero-order valence-corrected chi connectivity index (χ0v) is 38.8. The van der Waals surface area contributed by atoms with E-state index in [1.54, 1.807) is 0 Å². The minimum atomic E-state index is 0.228. The van der Waals surface area contributed by atoms with Gasteiger partial charge in [0.1, 0.15) is 0 Å². The number of rotatable bonds is 5. The van der Waals surface area contributed by atoms with E-state index in [0.717, 1.165) is 29.9 Å². The number of hydrogen-bond donors (Lipinski definition) is 0. The molecule has 1 aliphatic heterocycles. The van der Waals surface area contributed by atoms with Gasteiger partial charge in [-0.25, -0.2) is 0 Å². The lowest BCUT2D eigenvalue weighted by atomic mass is 9.91. The molecule has 0 amide bonds. The quantitative estimate of drug-likeness (QED) is 0.169. The first-order valence-corrected chi connectivity index (χ1v) is 25.0. The summed E-state index contributed by atoms with van der Waals surface area (Å²) in [6.07, 6.45) is 15.9. The molecule has 2 aliphatic carbocycles. The zero-order chi connectivity index (χ0) is 46.3. The SMILES string of the molecule is C1=CC2c3ccccc3N(c3cccc(-n4c5ccccc5c5ccc6c(c7c(n6-c6cccc(-n8c9ccccc9c9cc%10c(cc98)c8ccccc8n%10-c8ccccc8)c6)C=CCC7)c54)c3)C2C=C1. The van der Waals surface area contributed by atoms with Gasteiger partial charge in [0.15, 0.2) is 0 Å².